The molecular weight excluding hydrogens is 304 g/mol. The van der Waals surface area contributed by atoms with Gasteiger partial charge < -0.3 is 15.0 Å². The summed E-state index contributed by atoms with van der Waals surface area (Å²) in [4.78, 5) is 26.8. The van der Waals surface area contributed by atoms with Crippen molar-refractivity contribution in [1.82, 2.24) is 5.32 Å². The van der Waals surface area contributed by atoms with E-state index in [-0.39, 0.29) is 11.8 Å². The van der Waals surface area contributed by atoms with Gasteiger partial charge in [0.1, 0.15) is 6.04 Å². The lowest BCUT2D eigenvalue weighted by Gasteiger charge is -2.20. The summed E-state index contributed by atoms with van der Waals surface area (Å²) in [5.74, 6) is -0.380. The summed E-state index contributed by atoms with van der Waals surface area (Å²) in [6.45, 7) is 0.594. The summed E-state index contributed by atoms with van der Waals surface area (Å²) in [7, 11) is 1.49. The summed E-state index contributed by atoms with van der Waals surface area (Å²) < 4.78 is 5.32. The molecule has 0 radical (unpaired) electrons. The summed E-state index contributed by atoms with van der Waals surface area (Å²) in [5.41, 5.74) is 1.62. The third-order valence-corrected chi connectivity index (χ3v) is 4.17. The molecule has 1 aliphatic heterocycles. The van der Waals surface area contributed by atoms with Crippen LogP contribution >= 0.6 is 0 Å². The van der Waals surface area contributed by atoms with Crippen LogP contribution in [0, 0.1) is 0 Å². The largest absolute Gasteiger partial charge is 0.367 e. The molecule has 5 nitrogen and oxygen atoms in total. The van der Waals surface area contributed by atoms with Gasteiger partial charge in [-0.05, 0) is 24.1 Å². The van der Waals surface area contributed by atoms with Crippen molar-refractivity contribution in [2.75, 3.05) is 18.6 Å². The van der Waals surface area contributed by atoms with E-state index in [0.717, 1.165) is 11.3 Å². The van der Waals surface area contributed by atoms with Gasteiger partial charge >= 0.3 is 0 Å². The highest BCUT2D eigenvalue weighted by atomic mass is 16.5. The van der Waals surface area contributed by atoms with Crippen LogP contribution in [0.2, 0.25) is 0 Å². The van der Waals surface area contributed by atoms with Crippen LogP contribution in [0.3, 0.4) is 0 Å². The minimum atomic E-state index is -0.718. The summed E-state index contributed by atoms with van der Waals surface area (Å²) in [6.07, 6.45) is -0.130. The van der Waals surface area contributed by atoms with Gasteiger partial charge in [-0.25, -0.2) is 0 Å². The Morgan fingerprint density at radius 3 is 2.38 bits per heavy atom. The third kappa shape index (κ3) is 3.31. The van der Waals surface area contributed by atoms with E-state index in [1.54, 1.807) is 4.90 Å². The molecule has 124 valence electrons. The Bertz CT molecular complexity index is 703. The van der Waals surface area contributed by atoms with Crippen LogP contribution in [0.5, 0.6) is 0 Å². The number of carbonyl (C=O) groups is 2. The molecule has 2 aromatic carbocycles. The van der Waals surface area contributed by atoms with Crippen molar-refractivity contribution in [3.63, 3.8) is 0 Å². The second kappa shape index (κ2) is 7.27. The topological polar surface area (TPSA) is 58.6 Å². The molecule has 0 spiro atoms. The van der Waals surface area contributed by atoms with Gasteiger partial charge in [0.2, 0.25) is 5.91 Å². The molecular formula is C19H20N2O3. The van der Waals surface area contributed by atoms with Crippen molar-refractivity contribution in [2.24, 2.45) is 0 Å². The molecule has 0 aliphatic carbocycles. The van der Waals surface area contributed by atoms with Gasteiger partial charge in [-0.1, -0.05) is 48.5 Å². The molecule has 24 heavy (non-hydrogen) atoms. The predicted molar refractivity (Wildman–Crippen MR) is 91.5 cm³/mol. The first-order chi connectivity index (χ1) is 11.7. The highest BCUT2D eigenvalue weighted by Crippen LogP contribution is 2.22. The average Bonchev–Trinajstić information content (AvgIpc) is 2.98. The lowest BCUT2D eigenvalue weighted by Crippen LogP contribution is -2.43. The quantitative estimate of drug-likeness (QED) is 0.918. The van der Waals surface area contributed by atoms with Crippen LogP contribution in [0.4, 0.5) is 5.69 Å². The smallest absolute Gasteiger partial charge is 0.254 e. The average molecular weight is 324 g/mol. The Balaban J connectivity index is 1.68. The Morgan fingerprint density at radius 1 is 1.12 bits per heavy atom. The molecule has 0 aromatic heterocycles. The molecule has 2 aromatic rings. The highest BCUT2D eigenvalue weighted by molar-refractivity contribution is 6.01. The van der Waals surface area contributed by atoms with Crippen LogP contribution in [0.25, 0.3) is 0 Å². The molecule has 1 N–H and O–H groups in total. The molecule has 2 amide bonds. The second-order valence-corrected chi connectivity index (χ2v) is 5.70. The molecule has 3 rings (SSSR count). The molecule has 0 saturated carbocycles. The van der Waals surface area contributed by atoms with E-state index < -0.39 is 12.1 Å². The molecule has 2 atom stereocenters. The number of nitrogens with zero attached hydrogens (tertiary/aromatic N) is 1. The number of benzene rings is 2. The summed E-state index contributed by atoms with van der Waals surface area (Å²) in [6, 6.07) is 18.2. The van der Waals surface area contributed by atoms with E-state index in [9.17, 15) is 9.59 Å². The maximum atomic E-state index is 12.6. The molecule has 1 saturated heterocycles. The van der Waals surface area contributed by atoms with Crippen molar-refractivity contribution in [1.29, 1.82) is 0 Å². The molecule has 1 heterocycles. The lowest BCUT2D eigenvalue weighted by atomic mass is 10.1. The molecule has 5 heteroatoms. The predicted octanol–water partition coefficient (Wildman–Crippen LogP) is 2.30. The SMILES string of the molecule is CO[C@@H](C(=O)N[C@H]1CCN(c2ccccc2)C1=O)c1ccccc1. The Kier molecular flexibility index (Phi) is 4.91. The van der Waals surface area contributed by atoms with E-state index >= 15 is 0 Å². The van der Waals surface area contributed by atoms with Gasteiger partial charge in [0.15, 0.2) is 6.10 Å². The summed E-state index contributed by atoms with van der Waals surface area (Å²) in [5, 5.41) is 2.82. The van der Waals surface area contributed by atoms with Gasteiger partial charge in [0.05, 0.1) is 0 Å². The van der Waals surface area contributed by atoms with Crippen molar-refractivity contribution >= 4 is 17.5 Å². The van der Waals surface area contributed by atoms with Crippen molar-refractivity contribution in [3.8, 4) is 0 Å². The fraction of sp³-hybridized carbons (Fsp3) is 0.263. The number of amides is 2. The van der Waals surface area contributed by atoms with E-state index in [4.69, 9.17) is 4.74 Å². The number of rotatable bonds is 5. The van der Waals surface area contributed by atoms with Crippen LogP contribution in [-0.2, 0) is 14.3 Å². The Morgan fingerprint density at radius 2 is 1.75 bits per heavy atom. The van der Waals surface area contributed by atoms with Crippen LogP contribution in [0.15, 0.2) is 60.7 Å². The summed E-state index contributed by atoms with van der Waals surface area (Å²) >= 11 is 0. The molecule has 1 fully saturated rings. The maximum Gasteiger partial charge on any atom is 0.254 e. The second-order valence-electron chi connectivity index (χ2n) is 5.70. The molecule has 0 unspecified atom stereocenters. The monoisotopic (exact) mass is 324 g/mol. The fourth-order valence-electron chi connectivity index (χ4n) is 2.95. The Labute approximate surface area is 141 Å². The van der Waals surface area contributed by atoms with Crippen LogP contribution < -0.4 is 10.2 Å². The van der Waals surface area contributed by atoms with Gasteiger partial charge in [0.25, 0.3) is 5.91 Å². The lowest BCUT2D eigenvalue weighted by molar-refractivity contribution is -0.134. The highest BCUT2D eigenvalue weighted by Gasteiger charge is 2.35. The zero-order chi connectivity index (χ0) is 16.9. The number of hydrogen-bond acceptors (Lipinski definition) is 3. The first-order valence-corrected chi connectivity index (χ1v) is 7.95. The van der Waals surface area contributed by atoms with Gasteiger partial charge in [-0.3, -0.25) is 9.59 Å². The maximum absolute atomic E-state index is 12.6. The number of ether oxygens (including phenoxy) is 1. The van der Waals surface area contributed by atoms with Crippen LogP contribution in [-0.4, -0.2) is 31.5 Å². The number of methoxy groups -OCH3 is 1. The first kappa shape index (κ1) is 16.2. The van der Waals surface area contributed by atoms with E-state index in [1.807, 2.05) is 60.7 Å². The van der Waals surface area contributed by atoms with E-state index in [1.165, 1.54) is 7.11 Å². The van der Waals surface area contributed by atoms with E-state index in [2.05, 4.69) is 5.32 Å². The minimum absolute atomic E-state index is 0.0857. The van der Waals surface area contributed by atoms with E-state index in [0.29, 0.717) is 13.0 Å². The van der Waals surface area contributed by atoms with Gasteiger partial charge in [0, 0.05) is 19.3 Å². The minimum Gasteiger partial charge on any atom is -0.367 e. The van der Waals surface area contributed by atoms with Gasteiger partial charge in [-0.15, -0.1) is 0 Å². The molecule has 0 bridgehead atoms. The number of carbonyl (C=O) groups excluding carboxylic acids is 2. The normalized spacial score (nSPS) is 18.5. The number of hydrogen-bond donors (Lipinski definition) is 1. The standard InChI is InChI=1S/C19H20N2O3/c1-24-17(14-8-4-2-5-9-14)18(22)20-16-12-13-21(19(16)23)15-10-6-3-7-11-15/h2-11,16-17H,12-13H2,1H3,(H,20,22)/t16-,17+/m0/s1. The zero-order valence-corrected chi connectivity index (χ0v) is 13.5. The third-order valence-electron chi connectivity index (χ3n) is 4.17. The van der Waals surface area contributed by atoms with Crippen LogP contribution in [0.1, 0.15) is 18.1 Å². The number of nitrogens with one attached hydrogen (secondary N) is 1. The van der Waals surface area contributed by atoms with Crippen molar-refractivity contribution in [2.45, 2.75) is 18.6 Å². The molecule has 1 aliphatic rings. The van der Waals surface area contributed by atoms with Gasteiger partial charge in [-0.2, -0.15) is 0 Å². The number of para-hydroxylation sites is 1. The first-order valence-electron chi connectivity index (χ1n) is 7.95. The number of anilines is 1. The zero-order valence-electron chi connectivity index (χ0n) is 13.5. The van der Waals surface area contributed by atoms with Crippen molar-refractivity contribution in [3.05, 3.63) is 66.2 Å². The fourth-order valence-corrected chi connectivity index (χ4v) is 2.95. The Hall–Kier alpha value is -2.66. The van der Waals surface area contributed by atoms with Crippen molar-refractivity contribution < 1.29 is 14.3 Å².